The van der Waals surface area contributed by atoms with Crippen molar-refractivity contribution in [1.29, 1.82) is 0 Å². The summed E-state index contributed by atoms with van der Waals surface area (Å²) in [6.45, 7) is 0.581. The third-order valence-corrected chi connectivity index (χ3v) is 3.92. The van der Waals surface area contributed by atoms with E-state index in [9.17, 15) is 0 Å². The molecule has 0 amide bonds. The van der Waals surface area contributed by atoms with Gasteiger partial charge in [0, 0.05) is 25.7 Å². The lowest BCUT2D eigenvalue weighted by atomic mass is 9.90. The zero-order valence-corrected chi connectivity index (χ0v) is 15.7. The van der Waals surface area contributed by atoms with Crippen molar-refractivity contribution >= 4 is 35.6 Å². The Morgan fingerprint density at radius 2 is 2.17 bits per heavy atom. The molecule has 0 saturated heterocycles. The second-order valence-electron chi connectivity index (χ2n) is 5.63. The molecule has 2 aromatic rings. The molecule has 0 fully saturated rings. The van der Waals surface area contributed by atoms with Crippen LogP contribution >= 0.6 is 24.0 Å². The van der Waals surface area contributed by atoms with Gasteiger partial charge in [0.25, 0.3) is 0 Å². The van der Waals surface area contributed by atoms with Gasteiger partial charge in [-0.15, -0.1) is 24.0 Å². The van der Waals surface area contributed by atoms with Gasteiger partial charge in [-0.05, 0) is 42.9 Å². The number of rotatable bonds is 4. The van der Waals surface area contributed by atoms with Crippen molar-refractivity contribution in [1.82, 2.24) is 14.8 Å². The summed E-state index contributed by atoms with van der Waals surface area (Å²) in [6.07, 6.45) is 7.18. The minimum Gasteiger partial charge on any atom is -0.370 e. The number of hydrogen-bond donors (Lipinski definition) is 2. The Kier molecular flexibility index (Phi) is 6.37. The van der Waals surface area contributed by atoms with E-state index >= 15 is 0 Å². The fourth-order valence-electron chi connectivity index (χ4n) is 2.85. The van der Waals surface area contributed by atoms with Crippen molar-refractivity contribution in [2.45, 2.75) is 32.1 Å². The number of nitrogens with two attached hydrogens (primary N) is 1. The molecule has 1 heterocycles. The number of fused-ring (bicyclic) bond motifs is 1. The SMILES string of the molecule is Cn1cnc(CCN=C(N)Nc2cccc3c2CCCC3)n1.I. The standard InChI is InChI=1S/C16H22N6.HI/c1-22-11-19-15(21-22)9-10-18-16(17)20-14-8-4-6-12-5-2-3-7-13(12)14;/h4,6,8,11H,2-3,5,7,9-10H2,1H3,(H3,17,18,20);1H. The number of anilines is 1. The minimum absolute atomic E-state index is 0. The Balaban J connectivity index is 0.00000192. The molecule has 1 aromatic carbocycles. The average molecular weight is 426 g/mol. The highest BCUT2D eigenvalue weighted by atomic mass is 127. The monoisotopic (exact) mass is 426 g/mol. The molecule has 0 saturated carbocycles. The second kappa shape index (κ2) is 8.28. The molecule has 23 heavy (non-hydrogen) atoms. The Morgan fingerprint density at radius 3 is 2.96 bits per heavy atom. The third-order valence-electron chi connectivity index (χ3n) is 3.92. The van der Waals surface area contributed by atoms with Crippen LogP contribution in [0.2, 0.25) is 0 Å². The molecule has 1 aliphatic rings. The average Bonchev–Trinajstić information content (AvgIpc) is 2.93. The van der Waals surface area contributed by atoms with Crippen LogP contribution in [0.25, 0.3) is 0 Å². The largest absolute Gasteiger partial charge is 0.370 e. The van der Waals surface area contributed by atoms with E-state index in [0.29, 0.717) is 18.9 Å². The predicted octanol–water partition coefficient (Wildman–Crippen LogP) is 2.28. The van der Waals surface area contributed by atoms with Gasteiger partial charge in [0.05, 0.1) is 0 Å². The first kappa shape index (κ1) is 17.7. The molecule has 6 nitrogen and oxygen atoms in total. The first-order chi connectivity index (χ1) is 10.7. The lowest BCUT2D eigenvalue weighted by Crippen LogP contribution is -2.24. The van der Waals surface area contributed by atoms with Crippen LogP contribution in [-0.2, 0) is 26.3 Å². The fraction of sp³-hybridized carbons (Fsp3) is 0.438. The number of benzene rings is 1. The van der Waals surface area contributed by atoms with Crippen molar-refractivity contribution in [3.05, 3.63) is 41.5 Å². The minimum atomic E-state index is 0. The van der Waals surface area contributed by atoms with Crippen molar-refractivity contribution < 1.29 is 0 Å². The molecule has 0 radical (unpaired) electrons. The summed E-state index contributed by atoms with van der Waals surface area (Å²) in [5.41, 5.74) is 9.91. The molecule has 124 valence electrons. The van der Waals surface area contributed by atoms with E-state index in [1.165, 1.54) is 24.0 Å². The van der Waals surface area contributed by atoms with Crippen LogP contribution in [-0.4, -0.2) is 27.3 Å². The summed E-state index contributed by atoms with van der Waals surface area (Å²) in [7, 11) is 1.86. The van der Waals surface area contributed by atoms with E-state index in [-0.39, 0.29) is 24.0 Å². The van der Waals surface area contributed by atoms with E-state index < -0.39 is 0 Å². The Morgan fingerprint density at radius 1 is 1.35 bits per heavy atom. The van der Waals surface area contributed by atoms with Crippen LogP contribution in [0.15, 0.2) is 29.5 Å². The van der Waals surface area contributed by atoms with Gasteiger partial charge in [0.15, 0.2) is 11.8 Å². The summed E-state index contributed by atoms with van der Waals surface area (Å²) < 4.78 is 1.69. The fourth-order valence-corrected chi connectivity index (χ4v) is 2.85. The van der Waals surface area contributed by atoms with Crippen LogP contribution in [0, 0.1) is 0 Å². The number of nitrogens with zero attached hydrogens (tertiary/aromatic N) is 4. The molecule has 0 aliphatic heterocycles. The number of nitrogens with one attached hydrogen (secondary N) is 1. The molecule has 0 spiro atoms. The molecule has 0 atom stereocenters. The number of aromatic nitrogens is 3. The second-order valence-corrected chi connectivity index (χ2v) is 5.63. The Bertz CT molecular complexity index is 679. The van der Waals surface area contributed by atoms with E-state index in [1.807, 2.05) is 7.05 Å². The molecule has 0 unspecified atom stereocenters. The maximum Gasteiger partial charge on any atom is 0.193 e. The first-order valence-corrected chi connectivity index (χ1v) is 7.74. The number of aliphatic imine (C=N–C) groups is 1. The normalized spacial score (nSPS) is 14.0. The summed E-state index contributed by atoms with van der Waals surface area (Å²) in [6, 6.07) is 6.37. The van der Waals surface area contributed by atoms with Gasteiger partial charge in [-0.3, -0.25) is 9.67 Å². The van der Waals surface area contributed by atoms with Crippen LogP contribution in [0.1, 0.15) is 29.8 Å². The molecule has 3 rings (SSSR count). The predicted molar refractivity (Wildman–Crippen MR) is 103 cm³/mol. The summed E-state index contributed by atoms with van der Waals surface area (Å²) in [5.74, 6) is 1.24. The van der Waals surface area contributed by atoms with Crippen molar-refractivity contribution in [3.63, 3.8) is 0 Å². The van der Waals surface area contributed by atoms with Gasteiger partial charge in [-0.25, -0.2) is 4.98 Å². The summed E-state index contributed by atoms with van der Waals surface area (Å²) >= 11 is 0. The van der Waals surface area contributed by atoms with Crippen LogP contribution < -0.4 is 11.1 Å². The zero-order valence-electron chi connectivity index (χ0n) is 13.3. The van der Waals surface area contributed by atoms with Crippen molar-refractivity contribution in [3.8, 4) is 0 Å². The summed E-state index contributed by atoms with van der Waals surface area (Å²) in [4.78, 5) is 8.54. The highest BCUT2D eigenvalue weighted by Gasteiger charge is 2.13. The van der Waals surface area contributed by atoms with Gasteiger partial charge in [0.2, 0.25) is 0 Å². The highest BCUT2D eigenvalue weighted by Crippen LogP contribution is 2.27. The van der Waals surface area contributed by atoms with E-state index in [4.69, 9.17) is 5.73 Å². The Hall–Kier alpha value is -1.64. The number of aryl methyl sites for hydroxylation is 2. The number of hydrogen-bond acceptors (Lipinski definition) is 3. The van der Waals surface area contributed by atoms with Crippen LogP contribution in [0.4, 0.5) is 5.69 Å². The molecule has 7 heteroatoms. The van der Waals surface area contributed by atoms with E-state index in [2.05, 4.69) is 38.6 Å². The van der Waals surface area contributed by atoms with Gasteiger partial charge in [-0.1, -0.05) is 12.1 Å². The van der Waals surface area contributed by atoms with Crippen molar-refractivity contribution in [2.75, 3.05) is 11.9 Å². The molecule has 3 N–H and O–H groups in total. The molecule has 1 aromatic heterocycles. The van der Waals surface area contributed by atoms with Crippen molar-refractivity contribution in [2.24, 2.45) is 17.8 Å². The van der Waals surface area contributed by atoms with E-state index in [0.717, 1.165) is 24.4 Å². The quantitative estimate of drug-likeness (QED) is 0.447. The van der Waals surface area contributed by atoms with Gasteiger partial charge in [0.1, 0.15) is 6.33 Å². The molecule has 1 aliphatic carbocycles. The maximum atomic E-state index is 6.00. The number of halogens is 1. The number of guanidine groups is 1. The lowest BCUT2D eigenvalue weighted by Gasteiger charge is -2.19. The van der Waals surface area contributed by atoms with Gasteiger partial charge < -0.3 is 11.1 Å². The molecule has 0 bridgehead atoms. The maximum absolute atomic E-state index is 6.00. The highest BCUT2D eigenvalue weighted by molar-refractivity contribution is 14.0. The van der Waals surface area contributed by atoms with E-state index in [1.54, 1.807) is 11.0 Å². The zero-order chi connectivity index (χ0) is 15.4. The third kappa shape index (κ3) is 4.66. The molecular weight excluding hydrogens is 403 g/mol. The van der Waals surface area contributed by atoms with Gasteiger partial charge >= 0.3 is 0 Å². The van der Waals surface area contributed by atoms with Crippen LogP contribution in [0.3, 0.4) is 0 Å². The topological polar surface area (TPSA) is 81.1 Å². The smallest absolute Gasteiger partial charge is 0.193 e. The first-order valence-electron chi connectivity index (χ1n) is 7.74. The van der Waals surface area contributed by atoms with Crippen LogP contribution in [0.5, 0.6) is 0 Å². The molecular formula is C16H23IN6. The summed E-state index contributed by atoms with van der Waals surface area (Å²) in [5, 5.41) is 7.47. The lowest BCUT2D eigenvalue weighted by molar-refractivity contribution is 0.687. The Labute approximate surface area is 153 Å². The van der Waals surface area contributed by atoms with Gasteiger partial charge in [-0.2, -0.15) is 5.10 Å².